The minimum atomic E-state index is -6.06. The van der Waals surface area contributed by atoms with E-state index in [2.05, 4.69) is 0 Å². The summed E-state index contributed by atoms with van der Waals surface area (Å²) in [5.74, 6) is -0.474. The van der Waals surface area contributed by atoms with Crippen molar-refractivity contribution in [3.05, 3.63) is 11.3 Å². The van der Waals surface area contributed by atoms with E-state index in [1.165, 1.54) is 0 Å². The summed E-state index contributed by atoms with van der Waals surface area (Å²) < 4.78 is 96.4. The Morgan fingerprint density at radius 2 is 1.24 bits per heavy atom. The minimum Gasteiger partial charge on any atom is -0.547 e. The van der Waals surface area contributed by atoms with E-state index in [1.807, 2.05) is 0 Å². The first-order chi connectivity index (χ1) is 9.20. The van der Waals surface area contributed by atoms with Crippen LogP contribution in [0.1, 0.15) is 25.7 Å². The van der Waals surface area contributed by atoms with Crippen LogP contribution in [0.5, 0.6) is 0 Å². The van der Waals surface area contributed by atoms with Crippen LogP contribution in [0, 0.1) is 0 Å². The van der Waals surface area contributed by atoms with E-state index in [0.29, 0.717) is 6.42 Å². The first-order valence-electron chi connectivity index (χ1n) is 6.44. The highest BCUT2D eigenvalue weighted by Crippen LogP contribution is 2.54. The summed E-state index contributed by atoms with van der Waals surface area (Å²) >= 11 is 0. The molecule has 0 atom stereocenters. The SMILES string of the molecule is C[Si](C)(C)OC1=C(C(F)(C(F)(F)F)C(F)(F)F)CCCC1. The number of rotatable bonds is 3. The molecule has 0 amide bonds. The third-order valence-corrected chi connectivity index (χ3v) is 3.90. The van der Waals surface area contributed by atoms with Gasteiger partial charge < -0.3 is 4.43 Å². The van der Waals surface area contributed by atoms with Crippen molar-refractivity contribution in [3.63, 3.8) is 0 Å². The maximum Gasteiger partial charge on any atom is 0.435 e. The van der Waals surface area contributed by atoms with Gasteiger partial charge in [-0.1, -0.05) is 0 Å². The predicted octanol–water partition coefficient (Wildman–Crippen LogP) is 5.50. The van der Waals surface area contributed by atoms with E-state index < -0.39 is 44.1 Å². The minimum absolute atomic E-state index is 0.0751. The zero-order chi connectivity index (χ0) is 16.7. The van der Waals surface area contributed by atoms with Gasteiger partial charge in [0, 0.05) is 12.0 Å². The van der Waals surface area contributed by atoms with Gasteiger partial charge >= 0.3 is 18.0 Å². The Morgan fingerprint density at radius 1 is 0.810 bits per heavy atom. The molecule has 0 aromatic rings. The van der Waals surface area contributed by atoms with Gasteiger partial charge in [-0.25, -0.2) is 4.39 Å². The van der Waals surface area contributed by atoms with Crippen LogP contribution < -0.4 is 0 Å². The van der Waals surface area contributed by atoms with Crippen molar-refractivity contribution in [1.82, 2.24) is 0 Å². The zero-order valence-electron chi connectivity index (χ0n) is 11.9. The van der Waals surface area contributed by atoms with Gasteiger partial charge in [-0.05, 0) is 38.9 Å². The van der Waals surface area contributed by atoms with Gasteiger partial charge in [0.2, 0.25) is 8.32 Å². The molecule has 9 heteroatoms. The van der Waals surface area contributed by atoms with E-state index in [-0.39, 0.29) is 12.8 Å². The molecule has 0 radical (unpaired) electrons. The molecule has 1 rings (SSSR count). The van der Waals surface area contributed by atoms with Crippen molar-refractivity contribution in [3.8, 4) is 0 Å². The van der Waals surface area contributed by atoms with Crippen LogP contribution in [0.15, 0.2) is 11.3 Å². The molecule has 1 nitrogen and oxygen atoms in total. The van der Waals surface area contributed by atoms with Gasteiger partial charge in [0.15, 0.2) is 0 Å². The fraction of sp³-hybridized carbons (Fsp3) is 0.833. The van der Waals surface area contributed by atoms with Crippen molar-refractivity contribution in [2.75, 3.05) is 0 Å². The summed E-state index contributed by atoms with van der Waals surface area (Å²) in [5, 5.41) is 0. The Hall–Kier alpha value is -0.733. The van der Waals surface area contributed by atoms with Crippen molar-refractivity contribution in [2.24, 2.45) is 0 Å². The molecule has 0 aromatic carbocycles. The van der Waals surface area contributed by atoms with Crippen LogP contribution >= 0.6 is 0 Å². The topological polar surface area (TPSA) is 9.23 Å². The lowest BCUT2D eigenvalue weighted by atomic mass is 9.84. The third-order valence-electron chi connectivity index (χ3n) is 3.04. The van der Waals surface area contributed by atoms with Gasteiger partial charge in [-0.2, -0.15) is 26.3 Å². The van der Waals surface area contributed by atoms with Crippen LogP contribution in [0.4, 0.5) is 30.7 Å². The normalized spacial score (nSPS) is 19.0. The van der Waals surface area contributed by atoms with Crippen LogP contribution in [0.25, 0.3) is 0 Å². The number of halogens is 7. The molecule has 0 saturated carbocycles. The molecule has 0 unspecified atom stereocenters. The lowest BCUT2D eigenvalue weighted by Gasteiger charge is -2.37. The van der Waals surface area contributed by atoms with Gasteiger partial charge in [-0.3, -0.25) is 0 Å². The van der Waals surface area contributed by atoms with Crippen molar-refractivity contribution in [2.45, 2.75) is 63.3 Å². The molecular weight excluding hydrogens is 321 g/mol. The Labute approximate surface area is 119 Å². The Morgan fingerprint density at radius 3 is 1.62 bits per heavy atom. The van der Waals surface area contributed by atoms with Crippen molar-refractivity contribution < 1.29 is 35.2 Å². The summed E-state index contributed by atoms with van der Waals surface area (Å²) in [6.45, 7) is 4.86. The number of alkyl halides is 7. The Bertz CT molecular complexity index is 403. The average Bonchev–Trinajstić information content (AvgIpc) is 2.23. The molecule has 0 fully saturated rings. The summed E-state index contributed by atoms with van der Waals surface area (Å²) in [7, 11) is -2.44. The highest BCUT2D eigenvalue weighted by atomic mass is 28.4. The van der Waals surface area contributed by atoms with Gasteiger partial charge in [0.1, 0.15) is 0 Å². The Balaban J connectivity index is 3.45. The first-order valence-corrected chi connectivity index (χ1v) is 9.85. The Kier molecular flexibility index (Phi) is 4.78. The lowest BCUT2D eigenvalue weighted by molar-refractivity contribution is -0.327. The van der Waals surface area contributed by atoms with Gasteiger partial charge in [0.25, 0.3) is 0 Å². The number of allylic oxidation sites excluding steroid dienone is 2. The second-order valence-electron chi connectivity index (χ2n) is 5.98. The summed E-state index contributed by atoms with van der Waals surface area (Å²) in [4.78, 5) is 0. The predicted molar refractivity (Wildman–Crippen MR) is 65.9 cm³/mol. The third kappa shape index (κ3) is 3.73. The molecule has 0 heterocycles. The van der Waals surface area contributed by atoms with Crippen LogP contribution in [-0.4, -0.2) is 26.3 Å². The van der Waals surface area contributed by atoms with Crippen LogP contribution in [-0.2, 0) is 4.43 Å². The van der Waals surface area contributed by atoms with Crippen LogP contribution in [0.3, 0.4) is 0 Å². The van der Waals surface area contributed by atoms with E-state index in [0.717, 1.165) is 0 Å². The molecule has 0 aliphatic heterocycles. The fourth-order valence-corrected chi connectivity index (χ4v) is 3.19. The van der Waals surface area contributed by atoms with Crippen LogP contribution in [0.2, 0.25) is 19.6 Å². The summed E-state index contributed by atoms with van der Waals surface area (Å²) in [6.07, 6.45) is -12.4. The smallest absolute Gasteiger partial charge is 0.435 e. The highest BCUT2D eigenvalue weighted by molar-refractivity contribution is 6.70. The lowest BCUT2D eigenvalue weighted by Crippen LogP contribution is -2.55. The van der Waals surface area contributed by atoms with E-state index in [9.17, 15) is 30.7 Å². The molecule has 21 heavy (non-hydrogen) atoms. The summed E-state index contributed by atoms with van der Waals surface area (Å²) in [5.41, 5.74) is -6.65. The zero-order valence-corrected chi connectivity index (χ0v) is 12.9. The van der Waals surface area contributed by atoms with Crippen molar-refractivity contribution >= 4 is 8.32 Å². The van der Waals surface area contributed by atoms with Gasteiger partial charge in [-0.15, -0.1) is 0 Å². The monoisotopic (exact) mass is 338 g/mol. The first kappa shape index (κ1) is 18.3. The molecule has 0 N–H and O–H groups in total. The van der Waals surface area contributed by atoms with Crippen molar-refractivity contribution in [1.29, 1.82) is 0 Å². The second-order valence-corrected chi connectivity index (χ2v) is 10.4. The summed E-state index contributed by atoms with van der Waals surface area (Å²) in [6, 6.07) is 0. The molecule has 1 aliphatic rings. The average molecular weight is 338 g/mol. The molecule has 0 bridgehead atoms. The maximum absolute atomic E-state index is 14.1. The maximum atomic E-state index is 14.1. The second kappa shape index (κ2) is 5.48. The van der Waals surface area contributed by atoms with E-state index in [1.54, 1.807) is 19.6 Å². The molecule has 1 aliphatic carbocycles. The molecular formula is C12H17F7OSi. The standard InChI is InChI=1S/C12H17F7OSi/c1-21(2,3)20-9-7-5-4-6-8(9)10(13,11(14,15)16)12(17,18)19/h4-7H2,1-3H3. The number of hydrogen-bond acceptors (Lipinski definition) is 1. The molecule has 0 aromatic heterocycles. The molecule has 124 valence electrons. The molecule has 0 spiro atoms. The largest absolute Gasteiger partial charge is 0.547 e. The van der Waals surface area contributed by atoms with E-state index in [4.69, 9.17) is 4.43 Å². The van der Waals surface area contributed by atoms with E-state index >= 15 is 0 Å². The highest BCUT2D eigenvalue weighted by Gasteiger charge is 2.75. The molecule has 0 saturated heterocycles. The fourth-order valence-electron chi connectivity index (χ4n) is 2.23. The number of hydrogen-bond donors (Lipinski definition) is 0. The van der Waals surface area contributed by atoms with Gasteiger partial charge in [0.05, 0.1) is 5.76 Å². The quantitative estimate of drug-likeness (QED) is 0.488.